The molecule has 2 rings (SSSR count). The lowest BCUT2D eigenvalue weighted by Gasteiger charge is -2.34. The second-order valence-corrected chi connectivity index (χ2v) is 9.53. The molecule has 33 heavy (non-hydrogen) atoms. The molecule has 188 valence electrons. The molecule has 7 heteroatoms. The number of allylic oxidation sites excluding steroid dienone is 1. The predicted molar refractivity (Wildman–Crippen MR) is 128 cm³/mol. The summed E-state index contributed by atoms with van der Waals surface area (Å²) in [5.74, 6) is -2.04. The molecule has 0 radical (unpaired) electrons. The van der Waals surface area contributed by atoms with E-state index >= 15 is 0 Å². The van der Waals surface area contributed by atoms with Crippen LogP contribution in [0, 0.1) is 23.7 Å². The normalized spacial score (nSPS) is 27.4. The largest absolute Gasteiger partial charge is 0.466 e. The van der Waals surface area contributed by atoms with E-state index in [9.17, 15) is 14.4 Å². The first-order valence-corrected chi connectivity index (χ1v) is 13.0. The van der Waals surface area contributed by atoms with Crippen LogP contribution in [0.5, 0.6) is 0 Å². The molecule has 1 aliphatic heterocycles. The highest BCUT2D eigenvalue weighted by atomic mass is 16.5. The highest BCUT2D eigenvalue weighted by molar-refractivity contribution is 5.96. The summed E-state index contributed by atoms with van der Waals surface area (Å²) in [6.07, 6.45) is 10.9. The van der Waals surface area contributed by atoms with Crippen LogP contribution in [0.3, 0.4) is 0 Å². The van der Waals surface area contributed by atoms with Gasteiger partial charge in [-0.15, -0.1) is 0 Å². The number of hydrogen-bond acceptors (Lipinski definition) is 5. The molecular weight excluding hydrogens is 420 g/mol. The molecule has 0 aromatic carbocycles. The molecule has 0 bridgehead atoms. The number of carbonyl (C=O) groups is 3. The molecule has 1 fully saturated rings. The lowest BCUT2D eigenvalue weighted by molar-refractivity contribution is -0.155. The van der Waals surface area contributed by atoms with Gasteiger partial charge in [0.25, 0.3) is 0 Å². The van der Waals surface area contributed by atoms with Crippen molar-refractivity contribution < 1.29 is 24.2 Å². The van der Waals surface area contributed by atoms with Gasteiger partial charge in [0.05, 0.1) is 18.4 Å². The van der Waals surface area contributed by atoms with Gasteiger partial charge in [0.15, 0.2) is 0 Å². The van der Waals surface area contributed by atoms with Gasteiger partial charge in [-0.2, -0.15) is 0 Å². The van der Waals surface area contributed by atoms with Gasteiger partial charge in [0, 0.05) is 25.1 Å². The lowest BCUT2D eigenvalue weighted by atomic mass is 9.68. The van der Waals surface area contributed by atoms with Crippen molar-refractivity contribution in [3.05, 3.63) is 12.2 Å². The van der Waals surface area contributed by atoms with Gasteiger partial charge in [0.1, 0.15) is 6.04 Å². The molecular formula is C26H44N2O5. The lowest BCUT2D eigenvalue weighted by Crippen LogP contribution is -2.49. The highest BCUT2D eigenvalue weighted by Gasteiger charge is 2.57. The van der Waals surface area contributed by atoms with E-state index in [0.29, 0.717) is 6.54 Å². The Morgan fingerprint density at radius 3 is 2.48 bits per heavy atom. The van der Waals surface area contributed by atoms with E-state index in [1.807, 2.05) is 19.1 Å². The third-order valence-electron chi connectivity index (χ3n) is 6.98. The summed E-state index contributed by atoms with van der Waals surface area (Å²) in [6, 6.07) is -0.570. The molecule has 1 heterocycles. The van der Waals surface area contributed by atoms with Crippen molar-refractivity contribution >= 4 is 17.8 Å². The number of nitrogens with one attached hydrogen (secondary N) is 1. The van der Waals surface area contributed by atoms with E-state index in [4.69, 9.17) is 9.84 Å². The first kappa shape index (κ1) is 27.4. The van der Waals surface area contributed by atoms with E-state index in [-0.39, 0.29) is 48.9 Å². The Balaban J connectivity index is 2.33. The van der Waals surface area contributed by atoms with Crippen LogP contribution in [-0.2, 0) is 19.1 Å². The Hall–Kier alpha value is -1.89. The van der Waals surface area contributed by atoms with E-state index in [1.54, 1.807) is 11.8 Å². The zero-order valence-electron chi connectivity index (χ0n) is 20.9. The SMILES string of the molecule is CCCC(C)NC(=O)[C@@H]1[C@H]2C=C[C@@H](CCC)[C@@H](C(=O)OCC)[C@H]2C(=O)N1CCCCCCO. The van der Waals surface area contributed by atoms with E-state index in [0.717, 1.165) is 51.4 Å². The Kier molecular flexibility index (Phi) is 11.4. The van der Waals surface area contributed by atoms with Gasteiger partial charge < -0.3 is 20.1 Å². The molecule has 1 unspecified atom stereocenters. The van der Waals surface area contributed by atoms with Crippen LogP contribution in [0.2, 0.25) is 0 Å². The topological polar surface area (TPSA) is 95.9 Å². The number of esters is 1. The maximum Gasteiger partial charge on any atom is 0.310 e. The van der Waals surface area contributed by atoms with Crippen molar-refractivity contribution in [1.82, 2.24) is 10.2 Å². The fourth-order valence-corrected chi connectivity index (χ4v) is 5.49. The Labute approximate surface area is 199 Å². The zero-order chi connectivity index (χ0) is 24.4. The van der Waals surface area contributed by atoms with E-state index in [2.05, 4.69) is 19.2 Å². The van der Waals surface area contributed by atoms with Crippen LogP contribution in [-0.4, -0.2) is 59.6 Å². The molecule has 2 aliphatic rings. The zero-order valence-corrected chi connectivity index (χ0v) is 20.9. The number of carbonyl (C=O) groups excluding carboxylic acids is 3. The molecule has 1 saturated heterocycles. The number of likely N-dealkylation sites (tertiary alicyclic amines) is 1. The Morgan fingerprint density at radius 2 is 1.85 bits per heavy atom. The number of unbranched alkanes of at least 4 members (excludes halogenated alkanes) is 3. The third-order valence-corrected chi connectivity index (χ3v) is 6.98. The smallest absolute Gasteiger partial charge is 0.310 e. The summed E-state index contributed by atoms with van der Waals surface area (Å²) < 4.78 is 5.40. The van der Waals surface area contributed by atoms with Crippen LogP contribution in [0.25, 0.3) is 0 Å². The summed E-state index contributed by atoms with van der Waals surface area (Å²) in [5, 5.41) is 12.1. The van der Waals surface area contributed by atoms with Crippen molar-refractivity contribution in [1.29, 1.82) is 0 Å². The molecule has 7 nitrogen and oxygen atoms in total. The summed E-state index contributed by atoms with van der Waals surface area (Å²) in [5.41, 5.74) is 0. The minimum Gasteiger partial charge on any atom is -0.466 e. The number of rotatable bonds is 14. The number of hydrogen-bond donors (Lipinski definition) is 2. The van der Waals surface area contributed by atoms with Gasteiger partial charge >= 0.3 is 5.97 Å². The average Bonchev–Trinajstić information content (AvgIpc) is 3.06. The molecule has 0 spiro atoms. The van der Waals surface area contributed by atoms with Crippen LogP contribution >= 0.6 is 0 Å². The molecule has 2 amide bonds. The predicted octanol–water partition coefficient (Wildman–Crippen LogP) is 3.45. The molecule has 0 aromatic heterocycles. The number of aliphatic hydroxyl groups excluding tert-OH is 1. The molecule has 6 atom stereocenters. The minimum atomic E-state index is -0.601. The quantitative estimate of drug-likeness (QED) is 0.233. The van der Waals surface area contributed by atoms with Crippen molar-refractivity contribution in [2.75, 3.05) is 19.8 Å². The third kappa shape index (κ3) is 6.81. The number of amides is 2. The van der Waals surface area contributed by atoms with Crippen LogP contribution < -0.4 is 5.32 Å². The fourth-order valence-electron chi connectivity index (χ4n) is 5.49. The summed E-state index contributed by atoms with van der Waals surface area (Å²) in [6.45, 7) is 8.85. The second-order valence-electron chi connectivity index (χ2n) is 9.53. The monoisotopic (exact) mass is 464 g/mol. The van der Waals surface area contributed by atoms with Gasteiger partial charge in [-0.25, -0.2) is 0 Å². The van der Waals surface area contributed by atoms with Gasteiger partial charge in [-0.05, 0) is 45.4 Å². The Morgan fingerprint density at radius 1 is 1.12 bits per heavy atom. The first-order valence-electron chi connectivity index (χ1n) is 13.0. The Bertz CT molecular complexity index is 680. The van der Waals surface area contributed by atoms with Gasteiger partial charge in [0.2, 0.25) is 11.8 Å². The molecule has 0 aromatic rings. The van der Waals surface area contributed by atoms with Crippen LogP contribution in [0.15, 0.2) is 12.2 Å². The van der Waals surface area contributed by atoms with Gasteiger partial charge in [-0.3, -0.25) is 14.4 Å². The minimum absolute atomic E-state index is 0.0318. The van der Waals surface area contributed by atoms with Crippen molar-refractivity contribution in [2.45, 2.75) is 91.1 Å². The summed E-state index contributed by atoms with van der Waals surface area (Å²) in [7, 11) is 0. The number of aliphatic hydroxyl groups is 1. The van der Waals surface area contributed by atoms with Crippen molar-refractivity contribution in [2.24, 2.45) is 23.7 Å². The molecule has 1 aliphatic carbocycles. The maximum absolute atomic E-state index is 13.7. The first-order chi connectivity index (χ1) is 15.9. The second kappa shape index (κ2) is 13.7. The number of nitrogens with zero attached hydrogens (tertiary/aromatic N) is 1. The van der Waals surface area contributed by atoms with Crippen molar-refractivity contribution in [3.63, 3.8) is 0 Å². The molecule has 0 saturated carbocycles. The fraction of sp³-hybridized carbons (Fsp3) is 0.808. The van der Waals surface area contributed by atoms with Gasteiger partial charge in [-0.1, -0.05) is 51.7 Å². The molecule has 2 N–H and O–H groups in total. The average molecular weight is 465 g/mol. The van der Waals surface area contributed by atoms with Crippen LogP contribution in [0.4, 0.5) is 0 Å². The van der Waals surface area contributed by atoms with E-state index < -0.39 is 17.9 Å². The number of fused-ring (bicyclic) bond motifs is 1. The maximum atomic E-state index is 13.7. The summed E-state index contributed by atoms with van der Waals surface area (Å²) in [4.78, 5) is 41.8. The highest BCUT2D eigenvalue weighted by Crippen LogP contribution is 2.45. The van der Waals surface area contributed by atoms with E-state index in [1.165, 1.54) is 0 Å². The number of ether oxygens (including phenoxy) is 1. The van der Waals surface area contributed by atoms with Crippen molar-refractivity contribution in [3.8, 4) is 0 Å². The van der Waals surface area contributed by atoms with Crippen LogP contribution in [0.1, 0.15) is 79.1 Å². The standard InChI is InChI=1S/C26H44N2O5/c1-5-12-18(4)27-24(30)23-20-15-14-19(13-6-2)21(26(32)33-7-3)22(20)25(31)28(23)16-10-8-9-11-17-29/h14-15,18-23,29H,5-13,16-17H2,1-4H3,(H,27,30)/t18?,19-,20+,21-,22+,23+/m1/s1. The summed E-state index contributed by atoms with van der Waals surface area (Å²) >= 11 is 0.